The zero-order valence-electron chi connectivity index (χ0n) is 26.5. The Morgan fingerprint density at radius 2 is 1.00 bits per heavy atom. The fourth-order valence-corrected chi connectivity index (χ4v) is 6.68. The van der Waals surface area contributed by atoms with E-state index in [2.05, 4.69) is 20.6 Å². The van der Waals surface area contributed by atoms with Gasteiger partial charge in [0, 0.05) is 58.6 Å². The molecular weight excluding hydrogens is 717 g/mol. The summed E-state index contributed by atoms with van der Waals surface area (Å²) in [4.78, 5) is 46.7. The number of benzene rings is 2. The molecule has 2 aromatic rings. The average Bonchev–Trinajstić information content (AvgIpc) is 3.07. The zero-order chi connectivity index (χ0) is 37.4. The van der Waals surface area contributed by atoms with Crippen molar-refractivity contribution in [2.75, 3.05) is 10.6 Å². The van der Waals surface area contributed by atoms with Crippen molar-refractivity contribution in [2.45, 2.75) is 12.8 Å². The lowest BCUT2D eigenvalue weighted by Crippen LogP contribution is -2.20. The molecule has 4 aliphatic rings. The van der Waals surface area contributed by atoms with Gasteiger partial charge in [0.05, 0.1) is 21.2 Å². The van der Waals surface area contributed by atoms with E-state index in [4.69, 9.17) is 0 Å². The highest BCUT2D eigenvalue weighted by atomic mass is 32.2. The van der Waals surface area contributed by atoms with Crippen molar-refractivity contribution in [3.05, 3.63) is 152 Å². The minimum Gasteiger partial charge on any atom is -0.508 e. The van der Waals surface area contributed by atoms with Crippen molar-refractivity contribution in [2.24, 2.45) is 9.98 Å². The summed E-state index contributed by atoms with van der Waals surface area (Å²) in [5.41, 5.74) is 2.12. The molecule has 0 bridgehead atoms. The molecule has 0 aromatic heterocycles. The third-order valence-corrected chi connectivity index (χ3v) is 9.79. The normalized spacial score (nSPS) is 18.6. The second-order valence-electron chi connectivity index (χ2n) is 11.6. The Morgan fingerprint density at radius 3 is 1.38 bits per heavy atom. The number of carbonyl (C=O) groups is 3. The smallest absolute Gasteiger partial charge is 0.323 e. The molecule has 0 unspecified atom stereocenters. The van der Waals surface area contributed by atoms with Gasteiger partial charge in [0.15, 0.2) is 0 Å². The molecule has 6 rings (SSSR count). The molecule has 0 saturated heterocycles. The molecule has 6 N–H and O–H groups in total. The van der Waals surface area contributed by atoms with Gasteiger partial charge in [-0.3, -0.25) is 18.7 Å². The fourth-order valence-electron chi connectivity index (χ4n) is 5.52. The Morgan fingerprint density at radius 1 is 0.596 bits per heavy atom. The largest absolute Gasteiger partial charge is 0.508 e. The minimum absolute atomic E-state index is 0.0631. The van der Waals surface area contributed by atoms with Gasteiger partial charge in [-0.1, -0.05) is 24.3 Å². The van der Waals surface area contributed by atoms with Crippen LogP contribution in [0, 0.1) is 0 Å². The number of aliphatic hydroxyl groups is 2. The first-order chi connectivity index (χ1) is 24.5. The number of urea groups is 1. The number of rotatable bonds is 6. The Kier molecular flexibility index (Phi) is 9.44. The van der Waals surface area contributed by atoms with Crippen LogP contribution in [0.15, 0.2) is 151 Å². The van der Waals surface area contributed by atoms with Crippen LogP contribution in [-0.2, 0) is 20.2 Å². The molecule has 4 amide bonds. The summed E-state index contributed by atoms with van der Waals surface area (Å²) in [6, 6.07) is 10.9. The molecule has 52 heavy (non-hydrogen) atoms. The Bertz CT molecular complexity index is 2360. The average molecular weight is 743 g/mol. The quantitative estimate of drug-likeness (QED) is 0.203. The first kappa shape index (κ1) is 35.6. The van der Waals surface area contributed by atoms with E-state index in [-0.39, 0.29) is 68.1 Å². The predicted molar refractivity (Wildman–Crippen MR) is 191 cm³/mol. The van der Waals surface area contributed by atoms with Crippen molar-refractivity contribution in [1.29, 1.82) is 0 Å². The molecule has 0 aliphatic heterocycles. The SMILES string of the molecule is O=C(Nc1cccc(C(=O)N=C2C=C(O)C=C3CC(S(=O)(=O)O)=CC=C32)c1)Nc1cccc(C(=O)N=C2C=C(O)C=C3CC(S(=O)(=O)O)=CC=C32)c1. The van der Waals surface area contributed by atoms with Gasteiger partial charge in [0.2, 0.25) is 0 Å². The van der Waals surface area contributed by atoms with Crippen LogP contribution in [0.2, 0.25) is 0 Å². The van der Waals surface area contributed by atoms with Crippen LogP contribution in [0.3, 0.4) is 0 Å². The number of fused-ring (bicyclic) bond motifs is 2. The molecule has 15 nitrogen and oxygen atoms in total. The Labute approximate surface area is 296 Å². The lowest BCUT2D eigenvalue weighted by molar-refractivity contribution is 0.0994. The lowest BCUT2D eigenvalue weighted by atomic mass is 9.89. The highest BCUT2D eigenvalue weighted by Crippen LogP contribution is 2.34. The van der Waals surface area contributed by atoms with E-state index < -0.39 is 38.1 Å². The van der Waals surface area contributed by atoms with Crippen molar-refractivity contribution < 1.29 is 50.5 Å². The molecule has 17 heteroatoms. The standard InChI is InChI=1S/C35H26N4O11S2/c40-25-13-21-15-27(51(45,46)47)7-9-29(21)31(17-25)38-33(42)19-3-1-5-23(11-19)36-35(44)37-24-6-2-4-20(12-24)34(43)39-32-18-26(41)14-22-16-28(52(48,49)50)8-10-30(22)32/h1-14,17-18,40-41H,15-16H2,(H2,36,37,44)(H,45,46,47)(H,48,49,50). The van der Waals surface area contributed by atoms with Crippen molar-refractivity contribution in [3.8, 4) is 0 Å². The van der Waals surface area contributed by atoms with E-state index in [9.17, 15) is 50.5 Å². The number of carbonyl (C=O) groups excluding carboxylic acids is 3. The number of anilines is 2. The molecule has 0 saturated carbocycles. The van der Waals surface area contributed by atoms with E-state index in [1.54, 1.807) is 0 Å². The summed E-state index contributed by atoms with van der Waals surface area (Å²) >= 11 is 0. The van der Waals surface area contributed by atoms with Gasteiger partial charge in [-0.25, -0.2) is 14.8 Å². The number of aliphatic imine (C=N–C) groups is 2. The number of amides is 4. The lowest BCUT2D eigenvalue weighted by Gasteiger charge is -2.20. The van der Waals surface area contributed by atoms with Crippen LogP contribution >= 0.6 is 0 Å². The maximum Gasteiger partial charge on any atom is 0.323 e. The molecule has 0 heterocycles. The summed E-state index contributed by atoms with van der Waals surface area (Å²) in [6.07, 6.45) is 9.76. The molecule has 264 valence electrons. The molecule has 4 aliphatic carbocycles. The number of hydrogen-bond acceptors (Lipinski definition) is 9. The molecule has 0 fully saturated rings. The topological polar surface area (TPSA) is 249 Å². The van der Waals surface area contributed by atoms with Gasteiger partial charge in [-0.15, -0.1) is 0 Å². The third-order valence-electron chi connectivity index (χ3n) is 7.90. The number of nitrogens with one attached hydrogen (secondary N) is 2. The number of nitrogens with zero attached hydrogens (tertiary/aromatic N) is 2. The summed E-state index contributed by atoms with van der Waals surface area (Å²) in [6.45, 7) is 0. The summed E-state index contributed by atoms with van der Waals surface area (Å²) < 4.78 is 65.0. The maximum atomic E-state index is 13.1. The van der Waals surface area contributed by atoms with Crippen LogP contribution in [0.5, 0.6) is 0 Å². The third kappa shape index (κ3) is 8.03. The molecular formula is C35H26N4O11S2. The second-order valence-corrected chi connectivity index (χ2v) is 14.5. The first-order valence-electron chi connectivity index (χ1n) is 15.1. The Hall–Kier alpha value is -6.27. The number of aliphatic hydroxyl groups excluding tert-OH is 2. The maximum absolute atomic E-state index is 13.1. The van der Waals surface area contributed by atoms with E-state index >= 15 is 0 Å². The van der Waals surface area contributed by atoms with Crippen LogP contribution in [0.25, 0.3) is 0 Å². The van der Waals surface area contributed by atoms with Crippen molar-refractivity contribution in [3.63, 3.8) is 0 Å². The molecule has 0 radical (unpaired) electrons. The first-order valence-corrected chi connectivity index (χ1v) is 18.0. The second kappa shape index (κ2) is 13.8. The van der Waals surface area contributed by atoms with E-state index in [1.165, 1.54) is 97.1 Å². The highest BCUT2D eigenvalue weighted by Gasteiger charge is 2.27. The van der Waals surface area contributed by atoms with Crippen LogP contribution in [0.1, 0.15) is 33.6 Å². The van der Waals surface area contributed by atoms with E-state index in [0.717, 1.165) is 0 Å². The van der Waals surface area contributed by atoms with Gasteiger partial charge in [-0.2, -0.15) is 16.8 Å². The highest BCUT2D eigenvalue weighted by molar-refractivity contribution is 7.90. The predicted octanol–water partition coefficient (Wildman–Crippen LogP) is 5.46. The van der Waals surface area contributed by atoms with Crippen molar-refractivity contribution in [1.82, 2.24) is 0 Å². The Balaban J connectivity index is 1.14. The van der Waals surface area contributed by atoms with Gasteiger partial charge >= 0.3 is 6.03 Å². The minimum atomic E-state index is -4.46. The van der Waals surface area contributed by atoms with Crippen LogP contribution in [-0.4, -0.2) is 65.4 Å². The van der Waals surface area contributed by atoms with E-state index in [1.807, 2.05) is 0 Å². The molecule has 0 atom stereocenters. The van der Waals surface area contributed by atoms with Gasteiger partial charge < -0.3 is 20.8 Å². The van der Waals surface area contributed by atoms with Gasteiger partial charge in [-0.05, 0) is 71.8 Å². The van der Waals surface area contributed by atoms with Crippen LogP contribution < -0.4 is 10.6 Å². The fraction of sp³-hybridized carbons (Fsp3) is 0.0571. The number of hydrogen-bond donors (Lipinski definition) is 6. The monoisotopic (exact) mass is 742 g/mol. The zero-order valence-corrected chi connectivity index (χ0v) is 28.1. The van der Waals surface area contributed by atoms with Gasteiger partial charge in [0.1, 0.15) is 11.5 Å². The van der Waals surface area contributed by atoms with Gasteiger partial charge in [0.25, 0.3) is 32.1 Å². The van der Waals surface area contributed by atoms with Crippen LogP contribution in [0.4, 0.5) is 16.2 Å². The molecule has 0 spiro atoms. The summed E-state index contributed by atoms with van der Waals surface area (Å²) in [5, 5.41) is 25.5. The summed E-state index contributed by atoms with van der Waals surface area (Å²) in [5.74, 6) is -2.00. The van der Waals surface area contributed by atoms with Crippen molar-refractivity contribution >= 4 is 60.9 Å². The molecule has 2 aromatic carbocycles. The number of allylic oxidation sites excluding steroid dienone is 14. The van der Waals surface area contributed by atoms with E-state index in [0.29, 0.717) is 22.3 Å². The summed E-state index contributed by atoms with van der Waals surface area (Å²) in [7, 11) is -8.92.